The highest BCUT2D eigenvalue weighted by Crippen LogP contribution is 2.24. The van der Waals surface area contributed by atoms with Crippen molar-refractivity contribution in [2.45, 2.75) is 6.92 Å². The van der Waals surface area contributed by atoms with E-state index in [0.29, 0.717) is 5.69 Å². The van der Waals surface area contributed by atoms with E-state index in [1.54, 1.807) is 13.0 Å². The summed E-state index contributed by atoms with van der Waals surface area (Å²) in [5.74, 6) is -1.63. The molecular weight excluding hydrogens is 294 g/mol. The van der Waals surface area contributed by atoms with Crippen LogP contribution < -0.4 is 5.32 Å². The number of aromatic hydroxyl groups is 1. The van der Waals surface area contributed by atoms with Crippen molar-refractivity contribution < 1.29 is 19.8 Å². The van der Waals surface area contributed by atoms with Gasteiger partial charge in [0.05, 0.1) is 10.6 Å². The van der Waals surface area contributed by atoms with Gasteiger partial charge in [-0.15, -0.1) is 0 Å². The van der Waals surface area contributed by atoms with Crippen molar-refractivity contribution in [1.82, 2.24) is 0 Å². The SMILES string of the molecule is Cc1ccc(C(=O)O)cc1NC(=O)c1ccc(O)c(Cl)c1. The average molecular weight is 306 g/mol. The van der Waals surface area contributed by atoms with Crippen molar-refractivity contribution in [3.05, 3.63) is 58.1 Å². The number of anilines is 1. The second-order valence-corrected chi connectivity index (χ2v) is 4.86. The molecule has 0 aromatic heterocycles. The second-order valence-electron chi connectivity index (χ2n) is 4.46. The highest BCUT2D eigenvalue weighted by molar-refractivity contribution is 6.32. The molecule has 2 rings (SSSR count). The van der Waals surface area contributed by atoms with Gasteiger partial charge in [-0.1, -0.05) is 17.7 Å². The van der Waals surface area contributed by atoms with Gasteiger partial charge >= 0.3 is 5.97 Å². The van der Waals surface area contributed by atoms with E-state index in [4.69, 9.17) is 16.7 Å². The van der Waals surface area contributed by atoms with Crippen LogP contribution in [-0.4, -0.2) is 22.1 Å². The van der Waals surface area contributed by atoms with Crippen LogP contribution in [0.15, 0.2) is 36.4 Å². The van der Waals surface area contributed by atoms with Crippen molar-refractivity contribution in [2.24, 2.45) is 0 Å². The van der Waals surface area contributed by atoms with Gasteiger partial charge in [0.1, 0.15) is 5.75 Å². The maximum Gasteiger partial charge on any atom is 0.335 e. The molecule has 2 aromatic rings. The normalized spacial score (nSPS) is 10.2. The molecule has 0 bridgehead atoms. The lowest BCUT2D eigenvalue weighted by atomic mass is 10.1. The first-order valence-corrected chi connectivity index (χ1v) is 6.40. The first-order valence-electron chi connectivity index (χ1n) is 6.02. The third-order valence-corrected chi connectivity index (χ3v) is 3.25. The van der Waals surface area contributed by atoms with Crippen LogP contribution in [0.25, 0.3) is 0 Å². The second kappa shape index (κ2) is 5.85. The predicted molar refractivity (Wildman–Crippen MR) is 79.2 cm³/mol. The number of aryl methyl sites for hydroxylation is 1. The van der Waals surface area contributed by atoms with Crippen LogP contribution in [0.1, 0.15) is 26.3 Å². The average Bonchev–Trinajstić information content (AvgIpc) is 2.43. The minimum atomic E-state index is -1.07. The molecular formula is C15H12ClNO4. The fraction of sp³-hybridized carbons (Fsp3) is 0.0667. The molecule has 0 atom stereocenters. The van der Waals surface area contributed by atoms with E-state index in [0.717, 1.165) is 5.56 Å². The van der Waals surface area contributed by atoms with Crippen molar-refractivity contribution in [2.75, 3.05) is 5.32 Å². The number of halogens is 1. The quantitative estimate of drug-likeness (QED) is 0.812. The molecule has 0 heterocycles. The molecule has 0 aliphatic rings. The van der Waals surface area contributed by atoms with Crippen molar-refractivity contribution in [3.63, 3.8) is 0 Å². The van der Waals surface area contributed by atoms with Gasteiger partial charge in [0.25, 0.3) is 5.91 Å². The Morgan fingerprint density at radius 1 is 1.10 bits per heavy atom. The first-order chi connectivity index (χ1) is 9.88. The lowest BCUT2D eigenvalue weighted by Crippen LogP contribution is -2.13. The molecule has 6 heteroatoms. The summed E-state index contributed by atoms with van der Waals surface area (Å²) in [6, 6.07) is 8.54. The zero-order chi connectivity index (χ0) is 15.6. The molecule has 3 N–H and O–H groups in total. The number of hydrogen-bond donors (Lipinski definition) is 3. The first kappa shape index (κ1) is 14.9. The number of carbonyl (C=O) groups is 2. The van der Waals surface area contributed by atoms with Crippen molar-refractivity contribution in [1.29, 1.82) is 0 Å². The maximum absolute atomic E-state index is 12.1. The number of aromatic carboxylic acids is 1. The number of phenolic OH excluding ortho intramolecular Hbond substituents is 1. The molecule has 0 unspecified atom stereocenters. The Balaban J connectivity index is 2.28. The van der Waals surface area contributed by atoms with E-state index in [9.17, 15) is 14.7 Å². The van der Waals surface area contributed by atoms with E-state index < -0.39 is 11.9 Å². The highest BCUT2D eigenvalue weighted by atomic mass is 35.5. The summed E-state index contributed by atoms with van der Waals surface area (Å²) in [5, 5.41) is 21.0. The predicted octanol–water partition coefficient (Wildman–Crippen LogP) is 3.30. The van der Waals surface area contributed by atoms with Crippen LogP contribution in [0.4, 0.5) is 5.69 Å². The lowest BCUT2D eigenvalue weighted by Gasteiger charge is -2.10. The zero-order valence-electron chi connectivity index (χ0n) is 11.1. The van der Waals surface area contributed by atoms with E-state index in [-0.39, 0.29) is 21.9 Å². The lowest BCUT2D eigenvalue weighted by molar-refractivity contribution is 0.0696. The number of phenols is 1. The van der Waals surface area contributed by atoms with Crippen LogP contribution in [0.3, 0.4) is 0 Å². The van der Waals surface area contributed by atoms with E-state index in [2.05, 4.69) is 5.32 Å². The topological polar surface area (TPSA) is 86.6 Å². The summed E-state index contributed by atoms with van der Waals surface area (Å²) < 4.78 is 0. The number of carboxylic acid groups (broad SMARTS) is 1. The summed E-state index contributed by atoms with van der Waals surface area (Å²) >= 11 is 5.75. The van der Waals surface area contributed by atoms with Gasteiger partial charge in [0.15, 0.2) is 0 Å². The number of hydrogen-bond acceptors (Lipinski definition) is 3. The minimum absolute atomic E-state index is 0.0682. The Labute approximate surface area is 125 Å². The third-order valence-electron chi connectivity index (χ3n) is 2.94. The Kier molecular flexibility index (Phi) is 4.14. The van der Waals surface area contributed by atoms with Gasteiger partial charge in [-0.3, -0.25) is 4.79 Å². The number of carboxylic acids is 1. The largest absolute Gasteiger partial charge is 0.506 e. The smallest absolute Gasteiger partial charge is 0.335 e. The Morgan fingerprint density at radius 3 is 2.38 bits per heavy atom. The number of amides is 1. The van der Waals surface area contributed by atoms with E-state index >= 15 is 0 Å². The summed E-state index contributed by atoms with van der Waals surface area (Å²) in [4.78, 5) is 23.1. The van der Waals surface area contributed by atoms with Gasteiger partial charge in [-0.25, -0.2) is 4.79 Å². The van der Waals surface area contributed by atoms with Crippen LogP contribution in [0.5, 0.6) is 5.75 Å². The molecule has 1 amide bonds. The van der Waals surface area contributed by atoms with Crippen LogP contribution in [0.2, 0.25) is 5.02 Å². The summed E-state index contributed by atoms with van der Waals surface area (Å²) in [7, 11) is 0. The Hall–Kier alpha value is -2.53. The number of rotatable bonds is 3. The monoisotopic (exact) mass is 305 g/mol. The molecule has 0 spiro atoms. The Morgan fingerprint density at radius 2 is 1.76 bits per heavy atom. The molecule has 108 valence electrons. The summed E-state index contributed by atoms with van der Waals surface area (Å²) in [6.07, 6.45) is 0. The molecule has 2 aromatic carbocycles. The van der Waals surface area contributed by atoms with E-state index in [1.165, 1.54) is 30.3 Å². The number of carbonyl (C=O) groups excluding carboxylic acids is 1. The minimum Gasteiger partial charge on any atom is -0.506 e. The van der Waals surface area contributed by atoms with Crippen molar-refractivity contribution in [3.8, 4) is 5.75 Å². The maximum atomic E-state index is 12.1. The molecule has 0 aliphatic heterocycles. The molecule has 21 heavy (non-hydrogen) atoms. The van der Waals surface area contributed by atoms with Crippen LogP contribution in [-0.2, 0) is 0 Å². The fourth-order valence-corrected chi connectivity index (χ4v) is 1.91. The molecule has 0 saturated heterocycles. The van der Waals surface area contributed by atoms with Gasteiger partial charge in [-0.05, 0) is 42.8 Å². The Bertz CT molecular complexity index is 728. The summed E-state index contributed by atoms with van der Waals surface area (Å²) in [5.41, 5.74) is 1.49. The fourth-order valence-electron chi connectivity index (χ4n) is 1.73. The van der Waals surface area contributed by atoms with Gasteiger partial charge in [0.2, 0.25) is 0 Å². The molecule has 5 nitrogen and oxygen atoms in total. The van der Waals surface area contributed by atoms with E-state index in [1.807, 2.05) is 0 Å². The molecule has 0 aliphatic carbocycles. The van der Waals surface area contributed by atoms with Gasteiger partial charge in [0, 0.05) is 11.3 Å². The summed E-state index contributed by atoms with van der Waals surface area (Å²) in [6.45, 7) is 1.76. The van der Waals surface area contributed by atoms with Gasteiger partial charge in [-0.2, -0.15) is 0 Å². The van der Waals surface area contributed by atoms with Crippen LogP contribution in [0, 0.1) is 6.92 Å². The molecule has 0 fully saturated rings. The molecule has 0 radical (unpaired) electrons. The van der Waals surface area contributed by atoms with Crippen LogP contribution >= 0.6 is 11.6 Å². The third kappa shape index (κ3) is 3.32. The highest BCUT2D eigenvalue weighted by Gasteiger charge is 2.12. The zero-order valence-corrected chi connectivity index (χ0v) is 11.8. The molecule has 0 saturated carbocycles. The standard InChI is InChI=1S/C15H12ClNO4/c1-8-2-3-10(15(20)21)7-12(8)17-14(19)9-4-5-13(18)11(16)6-9/h2-7,18H,1H3,(H,17,19)(H,20,21). The number of nitrogens with one attached hydrogen (secondary N) is 1. The van der Waals surface area contributed by atoms with Gasteiger partial charge < -0.3 is 15.5 Å². The number of benzene rings is 2. The van der Waals surface area contributed by atoms with Crippen molar-refractivity contribution >= 4 is 29.2 Å².